The van der Waals surface area contributed by atoms with Gasteiger partial charge in [0.05, 0.1) is 37.0 Å². The summed E-state index contributed by atoms with van der Waals surface area (Å²) in [5, 5.41) is 41.1. The number of aliphatic hydroxyl groups excluding tert-OH is 3. The van der Waals surface area contributed by atoms with Gasteiger partial charge >= 0.3 is 5.69 Å². The van der Waals surface area contributed by atoms with Crippen LogP contribution in [0.2, 0.25) is 0 Å². The molecule has 1 aromatic heterocycles. The van der Waals surface area contributed by atoms with E-state index in [2.05, 4.69) is 5.32 Å². The molecule has 1 aliphatic heterocycles. The molecule has 11 nitrogen and oxygen atoms in total. The molecule has 4 atom stereocenters. The second-order valence-corrected chi connectivity index (χ2v) is 8.04. The Balaban J connectivity index is 1.69. The monoisotopic (exact) mass is 476 g/mol. The number of amides is 1. The molecular weight excluding hydrogens is 451 g/mol. The molecule has 0 bridgehead atoms. The number of halogens is 1. The minimum atomic E-state index is -1.58. The van der Waals surface area contributed by atoms with Crippen LogP contribution in [0.25, 0.3) is 0 Å². The van der Waals surface area contributed by atoms with Crippen molar-refractivity contribution in [2.24, 2.45) is 0 Å². The minimum absolute atomic E-state index is 0.0184. The molecule has 2 aromatic rings. The van der Waals surface area contributed by atoms with Crippen LogP contribution in [0.4, 0.5) is 4.39 Å². The highest BCUT2D eigenvalue weighted by Crippen LogP contribution is 2.26. The van der Waals surface area contributed by atoms with Crippen LogP contribution in [0.5, 0.6) is 0 Å². The minimum Gasteiger partial charge on any atom is -0.394 e. The van der Waals surface area contributed by atoms with Crippen molar-refractivity contribution in [1.82, 2.24) is 14.5 Å². The molecule has 12 heteroatoms. The summed E-state index contributed by atoms with van der Waals surface area (Å²) in [5.41, 5.74) is -1.52. The number of benzene rings is 1. The highest BCUT2D eigenvalue weighted by Gasteiger charge is 2.28. The highest BCUT2D eigenvalue weighted by molar-refractivity contribution is 5.94. The van der Waals surface area contributed by atoms with Crippen LogP contribution >= 0.6 is 0 Å². The van der Waals surface area contributed by atoms with Crippen molar-refractivity contribution in [1.29, 1.82) is 5.26 Å². The molecule has 0 aliphatic carbocycles. The largest absolute Gasteiger partial charge is 0.394 e. The molecule has 0 radical (unpaired) electrons. The second-order valence-electron chi connectivity index (χ2n) is 8.04. The van der Waals surface area contributed by atoms with Gasteiger partial charge in [0.15, 0.2) is 0 Å². The third kappa shape index (κ3) is 5.40. The topological polar surface area (TPSA) is 167 Å². The number of ether oxygens (including phenoxy) is 1. The standard InChI is InChI=1S/C22H25FN4O7/c1-12-9-26(19-5-3-15(11-28)34-19)22(33)27(21(12)32)10-18(30)17(29)8-25-20(31)13-2-4-16(23)14(6-13)7-24/h2,4,6,9,15,17-19,28-30H,3,5,8,10-11H2,1H3,(H,25,31)/t15?,17-,18-,19-/m1/s1. The highest BCUT2D eigenvalue weighted by atomic mass is 19.1. The van der Waals surface area contributed by atoms with E-state index in [1.165, 1.54) is 17.7 Å². The van der Waals surface area contributed by atoms with Gasteiger partial charge in [-0.25, -0.2) is 9.18 Å². The van der Waals surface area contributed by atoms with Crippen LogP contribution in [-0.4, -0.2) is 61.8 Å². The van der Waals surface area contributed by atoms with Gasteiger partial charge in [-0.2, -0.15) is 5.26 Å². The van der Waals surface area contributed by atoms with Gasteiger partial charge in [-0.1, -0.05) is 0 Å². The number of nitriles is 1. The lowest BCUT2D eigenvalue weighted by atomic mass is 10.1. The van der Waals surface area contributed by atoms with Crippen LogP contribution in [0.15, 0.2) is 34.0 Å². The molecule has 2 heterocycles. The lowest BCUT2D eigenvalue weighted by Crippen LogP contribution is -2.48. The van der Waals surface area contributed by atoms with Gasteiger partial charge in [0.25, 0.3) is 11.5 Å². The molecule has 0 spiro atoms. The van der Waals surface area contributed by atoms with Crippen molar-refractivity contribution in [3.05, 3.63) is 67.7 Å². The molecule has 1 aliphatic rings. The number of hydrogen-bond donors (Lipinski definition) is 4. The van der Waals surface area contributed by atoms with Crippen molar-refractivity contribution in [2.75, 3.05) is 13.2 Å². The zero-order valence-corrected chi connectivity index (χ0v) is 18.3. The lowest BCUT2D eigenvalue weighted by Gasteiger charge is -2.21. The molecule has 1 fully saturated rings. The zero-order valence-electron chi connectivity index (χ0n) is 18.3. The van der Waals surface area contributed by atoms with Crippen LogP contribution in [0, 0.1) is 24.1 Å². The Labute approximate surface area is 193 Å². The van der Waals surface area contributed by atoms with E-state index in [1.807, 2.05) is 0 Å². The van der Waals surface area contributed by atoms with Crippen LogP contribution in [0.1, 0.15) is 40.6 Å². The van der Waals surface area contributed by atoms with Gasteiger partial charge in [0.1, 0.15) is 18.1 Å². The number of carbonyl (C=O) groups excluding carboxylic acids is 1. The molecule has 4 N–H and O–H groups in total. The summed E-state index contributed by atoms with van der Waals surface area (Å²) >= 11 is 0. The molecule has 3 rings (SSSR count). The molecule has 1 amide bonds. The van der Waals surface area contributed by atoms with E-state index in [0.29, 0.717) is 12.8 Å². The average Bonchev–Trinajstić information content (AvgIpc) is 3.31. The van der Waals surface area contributed by atoms with Gasteiger partial charge in [0, 0.05) is 23.9 Å². The van der Waals surface area contributed by atoms with E-state index >= 15 is 0 Å². The molecule has 34 heavy (non-hydrogen) atoms. The first kappa shape index (κ1) is 25.3. The average molecular weight is 476 g/mol. The van der Waals surface area contributed by atoms with Gasteiger partial charge in [-0.05, 0) is 38.0 Å². The van der Waals surface area contributed by atoms with E-state index in [0.717, 1.165) is 22.8 Å². The van der Waals surface area contributed by atoms with Crippen molar-refractivity contribution >= 4 is 5.91 Å². The third-order valence-corrected chi connectivity index (χ3v) is 5.60. The van der Waals surface area contributed by atoms with E-state index in [9.17, 15) is 34.1 Å². The Morgan fingerprint density at radius 1 is 1.32 bits per heavy atom. The number of aliphatic hydroxyl groups is 3. The number of nitrogens with one attached hydrogen (secondary N) is 1. The summed E-state index contributed by atoms with van der Waals surface area (Å²) in [7, 11) is 0. The normalized spacial score (nSPS) is 19.4. The maximum absolute atomic E-state index is 13.4. The number of carbonyl (C=O) groups is 1. The van der Waals surface area contributed by atoms with E-state index in [4.69, 9.17) is 10.00 Å². The van der Waals surface area contributed by atoms with Crippen molar-refractivity contribution in [2.45, 2.75) is 50.8 Å². The van der Waals surface area contributed by atoms with Crippen molar-refractivity contribution < 1.29 is 29.2 Å². The zero-order chi connectivity index (χ0) is 25.0. The summed E-state index contributed by atoms with van der Waals surface area (Å²) in [6.07, 6.45) is -1.87. The predicted molar refractivity (Wildman–Crippen MR) is 115 cm³/mol. The Morgan fingerprint density at radius 2 is 2.06 bits per heavy atom. The lowest BCUT2D eigenvalue weighted by molar-refractivity contribution is -0.0265. The van der Waals surface area contributed by atoms with E-state index in [-0.39, 0.29) is 23.3 Å². The summed E-state index contributed by atoms with van der Waals surface area (Å²) < 4.78 is 21.0. The van der Waals surface area contributed by atoms with Crippen molar-refractivity contribution in [3.63, 3.8) is 0 Å². The molecular formula is C22H25FN4O7. The maximum Gasteiger partial charge on any atom is 0.333 e. The maximum atomic E-state index is 13.4. The van der Waals surface area contributed by atoms with Crippen molar-refractivity contribution in [3.8, 4) is 6.07 Å². The molecule has 1 aromatic carbocycles. The number of hydrogen-bond acceptors (Lipinski definition) is 8. The van der Waals surface area contributed by atoms with Gasteiger partial charge < -0.3 is 25.4 Å². The van der Waals surface area contributed by atoms with Gasteiger partial charge in [-0.15, -0.1) is 0 Å². The fraction of sp³-hybridized carbons (Fsp3) is 0.455. The van der Waals surface area contributed by atoms with Crippen LogP contribution in [-0.2, 0) is 11.3 Å². The Kier molecular flexibility index (Phi) is 7.95. The van der Waals surface area contributed by atoms with E-state index in [1.54, 1.807) is 6.07 Å². The molecule has 1 saturated heterocycles. The fourth-order valence-corrected chi connectivity index (χ4v) is 3.65. The number of aryl methyl sites for hydroxylation is 1. The first-order chi connectivity index (χ1) is 16.2. The number of rotatable bonds is 8. The van der Waals surface area contributed by atoms with Crippen LogP contribution < -0.4 is 16.6 Å². The van der Waals surface area contributed by atoms with Crippen LogP contribution in [0.3, 0.4) is 0 Å². The predicted octanol–water partition coefficient (Wildman–Crippen LogP) is -0.849. The summed E-state index contributed by atoms with van der Waals surface area (Å²) in [6.45, 7) is 0.324. The smallest absolute Gasteiger partial charge is 0.333 e. The molecule has 0 saturated carbocycles. The number of nitrogens with zero attached hydrogens (tertiary/aromatic N) is 3. The summed E-state index contributed by atoms with van der Waals surface area (Å²) in [5.74, 6) is -1.49. The molecule has 1 unspecified atom stereocenters. The number of aromatic nitrogens is 2. The first-order valence-electron chi connectivity index (χ1n) is 10.6. The SMILES string of the molecule is Cc1cn([C@H]2CCC(CO)O2)c(=O)n(C[C@@H](O)[C@H](O)CNC(=O)c2ccc(F)c(C#N)c2)c1=O. The van der Waals surface area contributed by atoms with Gasteiger partial charge in [0.2, 0.25) is 0 Å². The Bertz CT molecular complexity index is 1220. The quantitative estimate of drug-likeness (QED) is 0.382. The Hall–Kier alpha value is -3.37. The molecule has 182 valence electrons. The Morgan fingerprint density at radius 3 is 2.71 bits per heavy atom. The first-order valence-corrected chi connectivity index (χ1v) is 10.6. The summed E-state index contributed by atoms with van der Waals surface area (Å²) in [6, 6.07) is 4.79. The van der Waals surface area contributed by atoms with Gasteiger partial charge in [-0.3, -0.25) is 18.7 Å². The fourth-order valence-electron chi connectivity index (χ4n) is 3.65. The van der Waals surface area contributed by atoms with E-state index < -0.39 is 60.6 Å². The third-order valence-electron chi connectivity index (χ3n) is 5.60. The summed E-state index contributed by atoms with van der Waals surface area (Å²) in [4.78, 5) is 37.6. The second kappa shape index (κ2) is 10.7.